The summed E-state index contributed by atoms with van der Waals surface area (Å²) in [6.07, 6.45) is 9.88. The van der Waals surface area contributed by atoms with E-state index in [1.54, 1.807) is 18.7 Å². The molecule has 4 rings (SSSR count). The average Bonchev–Trinajstić information content (AvgIpc) is 3.17. The first kappa shape index (κ1) is 13.7. The monoisotopic (exact) mass is 300 g/mol. The van der Waals surface area contributed by atoms with Crippen LogP contribution in [0, 0.1) is 0 Å². The fraction of sp³-hybridized carbons (Fsp3) is 0.500. The Balaban J connectivity index is 1.33. The molecule has 4 heterocycles. The number of fused-ring (bicyclic) bond motifs is 1. The van der Waals surface area contributed by atoms with E-state index in [9.17, 15) is 0 Å². The summed E-state index contributed by atoms with van der Waals surface area (Å²) in [5, 5.41) is 0. The van der Waals surface area contributed by atoms with Crippen molar-refractivity contribution in [2.75, 3.05) is 26.2 Å². The van der Waals surface area contributed by atoms with Crippen molar-refractivity contribution in [3.8, 4) is 5.75 Å². The van der Waals surface area contributed by atoms with Gasteiger partial charge in [0.15, 0.2) is 5.75 Å². The van der Waals surface area contributed by atoms with Crippen LogP contribution in [0.3, 0.4) is 0 Å². The normalized spacial score (nSPS) is 26.0. The Kier molecular flexibility index (Phi) is 3.78. The van der Waals surface area contributed by atoms with Crippen molar-refractivity contribution < 1.29 is 9.15 Å². The van der Waals surface area contributed by atoms with E-state index in [0.717, 1.165) is 44.9 Å². The molecule has 6 heteroatoms. The third kappa shape index (κ3) is 2.98. The molecule has 2 atom stereocenters. The maximum atomic E-state index is 6.01. The van der Waals surface area contributed by atoms with Gasteiger partial charge in [-0.05, 0) is 6.07 Å². The Labute approximate surface area is 129 Å². The molecule has 2 aromatic rings. The number of aromatic nitrogens is 2. The summed E-state index contributed by atoms with van der Waals surface area (Å²) in [5.41, 5.74) is 1.25. The molecule has 0 spiro atoms. The molecular formula is C16H20N4O2. The number of furan rings is 1. The third-order valence-electron chi connectivity index (χ3n) is 4.49. The van der Waals surface area contributed by atoms with Crippen LogP contribution in [0.2, 0.25) is 0 Å². The van der Waals surface area contributed by atoms with Gasteiger partial charge in [0.1, 0.15) is 12.4 Å². The predicted octanol–water partition coefficient (Wildman–Crippen LogP) is 1.41. The van der Waals surface area contributed by atoms with E-state index < -0.39 is 0 Å². The minimum Gasteiger partial charge on any atom is -0.486 e. The summed E-state index contributed by atoms with van der Waals surface area (Å²) < 4.78 is 11.2. The molecule has 2 fully saturated rings. The van der Waals surface area contributed by atoms with Gasteiger partial charge in [0.05, 0.1) is 24.9 Å². The maximum absolute atomic E-state index is 6.01. The predicted molar refractivity (Wildman–Crippen MR) is 80.4 cm³/mol. The van der Waals surface area contributed by atoms with Crippen LogP contribution >= 0.6 is 0 Å². The highest BCUT2D eigenvalue weighted by molar-refractivity contribution is 5.11. The lowest BCUT2D eigenvalue weighted by atomic mass is 10.1. The molecule has 2 saturated heterocycles. The first-order valence-corrected chi connectivity index (χ1v) is 7.76. The van der Waals surface area contributed by atoms with Gasteiger partial charge < -0.3 is 9.15 Å². The van der Waals surface area contributed by atoms with Crippen LogP contribution < -0.4 is 4.74 Å². The van der Waals surface area contributed by atoms with Gasteiger partial charge in [0.2, 0.25) is 0 Å². The molecule has 0 N–H and O–H groups in total. The zero-order chi connectivity index (χ0) is 14.8. The van der Waals surface area contributed by atoms with E-state index >= 15 is 0 Å². The summed E-state index contributed by atoms with van der Waals surface area (Å²) in [7, 11) is 0. The Morgan fingerprint density at radius 1 is 1.23 bits per heavy atom. The Hall–Kier alpha value is -1.92. The molecule has 0 amide bonds. The standard InChI is InChI=1S/C16H20N4O2/c1-4-21-11-13(1)8-19-2-3-20-10-15(5-14(20)9-19)22-16-6-17-12-18-7-16/h1,4,6-7,11-12,14-15H,2-3,5,8-10H2. The van der Waals surface area contributed by atoms with E-state index in [1.165, 1.54) is 11.9 Å². The highest BCUT2D eigenvalue weighted by atomic mass is 16.5. The molecule has 0 aliphatic carbocycles. The summed E-state index contributed by atoms with van der Waals surface area (Å²) in [6.45, 7) is 5.27. The number of hydrogen-bond acceptors (Lipinski definition) is 6. The molecule has 0 aromatic carbocycles. The SMILES string of the molecule is c1ncc(OC2CC3CN(Cc4ccoc4)CCN3C2)cn1. The first-order valence-electron chi connectivity index (χ1n) is 7.76. The minimum absolute atomic E-state index is 0.241. The molecule has 2 aromatic heterocycles. The Morgan fingerprint density at radius 3 is 2.95 bits per heavy atom. The highest BCUT2D eigenvalue weighted by Gasteiger charge is 2.37. The van der Waals surface area contributed by atoms with Gasteiger partial charge in [-0.15, -0.1) is 0 Å². The Morgan fingerprint density at radius 2 is 2.14 bits per heavy atom. The lowest BCUT2D eigenvalue weighted by Crippen LogP contribution is -2.49. The zero-order valence-electron chi connectivity index (χ0n) is 12.5. The molecule has 0 saturated carbocycles. The van der Waals surface area contributed by atoms with Gasteiger partial charge in [0, 0.05) is 50.7 Å². The topological polar surface area (TPSA) is 54.6 Å². The van der Waals surface area contributed by atoms with Gasteiger partial charge in [-0.2, -0.15) is 0 Å². The quantitative estimate of drug-likeness (QED) is 0.851. The molecule has 2 unspecified atom stereocenters. The fourth-order valence-corrected chi connectivity index (χ4v) is 3.47. The second kappa shape index (κ2) is 6.06. The summed E-state index contributed by atoms with van der Waals surface area (Å²) >= 11 is 0. The zero-order valence-corrected chi connectivity index (χ0v) is 12.5. The molecule has 6 nitrogen and oxygen atoms in total. The molecule has 2 aliphatic heterocycles. The first-order chi connectivity index (χ1) is 10.9. The second-order valence-corrected chi connectivity index (χ2v) is 6.07. The van der Waals surface area contributed by atoms with E-state index in [4.69, 9.17) is 9.15 Å². The minimum atomic E-state index is 0.241. The average molecular weight is 300 g/mol. The van der Waals surface area contributed by atoms with Crippen LogP contribution in [0.4, 0.5) is 0 Å². The van der Waals surface area contributed by atoms with Crippen molar-refractivity contribution in [3.63, 3.8) is 0 Å². The molecule has 22 heavy (non-hydrogen) atoms. The molecule has 2 aliphatic rings. The van der Waals surface area contributed by atoms with Gasteiger partial charge in [0.25, 0.3) is 0 Å². The summed E-state index contributed by atoms with van der Waals surface area (Å²) in [4.78, 5) is 13.1. The molecule has 0 radical (unpaired) electrons. The lowest BCUT2D eigenvalue weighted by molar-refractivity contribution is 0.0977. The van der Waals surface area contributed by atoms with E-state index in [0.29, 0.717) is 6.04 Å². The van der Waals surface area contributed by atoms with Gasteiger partial charge in [-0.25, -0.2) is 9.97 Å². The van der Waals surface area contributed by atoms with Crippen molar-refractivity contribution >= 4 is 0 Å². The van der Waals surface area contributed by atoms with Gasteiger partial charge in [-0.3, -0.25) is 9.80 Å². The van der Waals surface area contributed by atoms with Crippen molar-refractivity contribution in [1.82, 2.24) is 19.8 Å². The second-order valence-electron chi connectivity index (χ2n) is 6.07. The fourth-order valence-electron chi connectivity index (χ4n) is 3.47. The van der Waals surface area contributed by atoms with Crippen molar-refractivity contribution in [3.05, 3.63) is 42.9 Å². The third-order valence-corrected chi connectivity index (χ3v) is 4.49. The number of nitrogens with zero attached hydrogens (tertiary/aromatic N) is 4. The van der Waals surface area contributed by atoms with Crippen LogP contribution in [-0.4, -0.2) is 58.1 Å². The van der Waals surface area contributed by atoms with E-state index in [-0.39, 0.29) is 6.10 Å². The van der Waals surface area contributed by atoms with Crippen LogP contribution in [-0.2, 0) is 6.54 Å². The van der Waals surface area contributed by atoms with Crippen LogP contribution in [0.15, 0.2) is 41.7 Å². The largest absolute Gasteiger partial charge is 0.486 e. The number of rotatable bonds is 4. The Bertz CT molecular complexity index is 589. The van der Waals surface area contributed by atoms with Crippen LogP contribution in [0.5, 0.6) is 5.75 Å². The number of piperazine rings is 1. The van der Waals surface area contributed by atoms with Crippen molar-refractivity contribution in [2.24, 2.45) is 0 Å². The summed E-state index contributed by atoms with van der Waals surface area (Å²) in [5.74, 6) is 0.766. The molecule has 0 bridgehead atoms. The van der Waals surface area contributed by atoms with E-state index in [2.05, 4.69) is 19.8 Å². The van der Waals surface area contributed by atoms with Crippen LogP contribution in [0.25, 0.3) is 0 Å². The molecule has 116 valence electrons. The van der Waals surface area contributed by atoms with Gasteiger partial charge in [-0.1, -0.05) is 0 Å². The number of ether oxygens (including phenoxy) is 1. The maximum Gasteiger partial charge on any atom is 0.156 e. The van der Waals surface area contributed by atoms with E-state index in [1.807, 2.05) is 12.3 Å². The number of hydrogen-bond donors (Lipinski definition) is 0. The molecular weight excluding hydrogens is 280 g/mol. The van der Waals surface area contributed by atoms with Crippen molar-refractivity contribution in [1.29, 1.82) is 0 Å². The lowest BCUT2D eigenvalue weighted by Gasteiger charge is -2.36. The highest BCUT2D eigenvalue weighted by Crippen LogP contribution is 2.26. The smallest absolute Gasteiger partial charge is 0.156 e. The van der Waals surface area contributed by atoms with Crippen LogP contribution in [0.1, 0.15) is 12.0 Å². The summed E-state index contributed by atoms with van der Waals surface area (Å²) in [6, 6.07) is 2.62. The van der Waals surface area contributed by atoms with Crippen molar-refractivity contribution in [2.45, 2.75) is 25.1 Å². The van der Waals surface area contributed by atoms with Gasteiger partial charge >= 0.3 is 0 Å².